The Morgan fingerprint density at radius 3 is 2.67 bits per heavy atom. The van der Waals surface area contributed by atoms with E-state index in [1.165, 1.54) is 28.6 Å². The van der Waals surface area contributed by atoms with Crippen molar-refractivity contribution in [1.29, 1.82) is 0 Å². The number of carbonyl (C=O) groups excluding carboxylic acids is 2. The van der Waals surface area contributed by atoms with E-state index < -0.39 is 23.2 Å². The third-order valence-corrected chi connectivity index (χ3v) is 8.16. The Bertz CT molecular complexity index is 1540. The number of fused-ring (bicyclic) bond motifs is 1. The molecular weight excluding hydrogens is 567 g/mol. The molecule has 1 amide bonds. The molecule has 0 bridgehead atoms. The zero-order valence-corrected chi connectivity index (χ0v) is 22.9. The number of aromatic nitrogens is 2. The summed E-state index contributed by atoms with van der Waals surface area (Å²) in [5.41, 5.74) is 5.82. The summed E-state index contributed by atoms with van der Waals surface area (Å²) in [7, 11) is 0. The molecule has 0 aliphatic carbocycles. The van der Waals surface area contributed by atoms with E-state index in [0.29, 0.717) is 46.9 Å². The highest BCUT2D eigenvalue weighted by Crippen LogP contribution is 2.35. The summed E-state index contributed by atoms with van der Waals surface area (Å²) in [6.45, 7) is 2.85. The molecule has 210 valence electrons. The lowest BCUT2D eigenvalue weighted by Gasteiger charge is -2.37. The lowest BCUT2D eigenvalue weighted by molar-refractivity contribution is -0.151. The molecule has 2 N–H and O–H groups in total. The Morgan fingerprint density at radius 1 is 1.23 bits per heavy atom. The van der Waals surface area contributed by atoms with Crippen LogP contribution in [0.1, 0.15) is 36.5 Å². The van der Waals surface area contributed by atoms with Crippen molar-refractivity contribution in [2.45, 2.75) is 38.0 Å². The predicted molar refractivity (Wildman–Crippen MR) is 148 cm³/mol. The molecule has 40 heavy (non-hydrogen) atoms. The van der Waals surface area contributed by atoms with E-state index in [1.54, 1.807) is 31.3 Å². The van der Waals surface area contributed by atoms with Crippen LogP contribution in [0.5, 0.6) is 0 Å². The lowest BCUT2D eigenvalue weighted by Crippen LogP contribution is -2.56. The molecule has 2 aliphatic rings. The molecule has 8 nitrogen and oxygen atoms in total. The first-order valence-corrected chi connectivity index (χ1v) is 13.7. The summed E-state index contributed by atoms with van der Waals surface area (Å²) in [6.07, 6.45) is -0.476. The van der Waals surface area contributed by atoms with Crippen molar-refractivity contribution in [3.05, 3.63) is 69.2 Å². The van der Waals surface area contributed by atoms with Crippen molar-refractivity contribution < 1.29 is 27.5 Å². The Morgan fingerprint density at radius 2 is 1.98 bits per heavy atom. The maximum absolute atomic E-state index is 13.5. The number of ether oxygens (including phenoxy) is 1. The zero-order valence-electron chi connectivity index (χ0n) is 21.4. The average Bonchev–Trinajstić information content (AvgIpc) is 3.47. The Kier molecular flexibility index (Phi) is 7.68. The minimum absolute atomic E-state index is 0.00926. The number of amides is 1. The van der Waals surface area contributed by atoms with Crippen molar-refractivity contribution in [2.75, 3.05) is 19.7 Å². The third kappa shape index (κ3) is 5.74. The van der Waals surface area contributed by atoms with Crippen LogP contribution in [0.3, 0.4) is 0 Å². The van der Waals surface area contributed by atoms with Gasteiger partial charge in [0, 0.05) is 23.5 Å². The van der Waals surface area contributed by atoms with E-state index in [2.05, 4.69) is 10.1 Å². The molecule has 2 aliphatic heterocycles. The molecule has 5 rings (SSSR count). The summed E-state index contributed by atoms with van der Waals surface area (Å²) in [4.78, 5) is 31.4. The first-order valence-electron chi connectivity index (χ1n) is 12.5. The number of benzene rings is 2. The molecule has 13 heteroatoms. The molecule has 3 aromatic rings. The number of carbonyl (C=O) groups is 2. The molecule has 3 heterocycles. The van der Waals surface area contributed by atoms with Crippen molar-refractivity contribution in [3.63, 3.8) is 0 Å². The van der Waals surface area contributed by atoms with Gasteiger partial charge in [0.2, 0.25) is 0 Å². The second-order valence-electron chi connectivity index (χ2n) is 9.59. The highest BCUT2D eigenvalue weighted by Gasteiger charge is 2.41. The number of thioether (sulfide) groups is 1. The van der Waals surface area contributed by atoms with Gasteiger partial charge in [-0.25, -0.2) is 0 Å². The molecule has 1 fully saturated rings. The van der Waals surface area contributed by atoms with E-state index in [9.17, 15) is 22.8 Å². The minimum Gasteiger partial charge on any atom is -0.465 e. The molecule has 0 atom stereocenters. The zero-order chi connectivity index (χ0) is 28.7. The minimum atomic E-state index is -4.54. The van der Waals surface area contributed by atoms with Gasteiger partial charge >= 0.3 is 12.1 Å². The fraction of sp³-hybridized carbons (Fsp3) is 0.333. The van der Waals surface area contributed by atoms with Crippen molar-refractivity contribution in [1.82, 2.24) is 14.7 Å². The number of nitrogens with zero attached hydrogens (tertiary/aromatic N) is 4. The number of hydrogen-bond acceptors (Lipinski definition) is 7. The number of aliphatic imine (C=N–C) groups is 1. The Labute approximate surface area is 237 Å². The predicted octanol–water partition coefficient (Wildman–Crippen LogP) is 5.08. The molecule has 1 aromatic heterocycles. The Hall–Kier alpha value is -3.35. The second-order valence-corrected chi connectivity index (χ2v) is 11.0. The number of hydrogen-bond donors (Lipinski definition) is 1. The lowest BCUT2D eigenvalue weighted by atomic mass is 9.89. The van der Waals surface area contributed by atoms with Crippen LogP contribution in [0.4, 0.5) is 13.2 Å². The van der Waals surface area contributed by atoms with Gasteiger partial charge in [0.25, 0.3) is 5.91 Å². The van der Waals surface area contributed by atoms with Crippen LogP contribution in [0.2, 0.25) is 5.02 Å². The van der Waals surface area contributed by atoms with Crippen LogP contribution in [-0.4, -0.2) is 57.0 Å². The van der Waals surface area contributed by atoms with E-state index in [4.69, 9.17) is 22.1 Å². The number of likely N-dealkylation sites (tertiary alicyclic amines) is 1. The van der Waals surface area contributed by atoms with Crippen LogP contribution in [-0.2, 0) is 27.0 Å². The van der Waals surface area contributed by atoms with Gasteiger partial charge in [0.15, 0.2) is 5.17 Å². The third-order valence-electron chi connectivity index (χ3n) is 6.88. The summed E-state index contributed by atoms with van der Waals surface area (Å²) >= 11 is 7.05. The van der Waals surface area contributed by atoms with E-state index >= 15 is 0 Å². The fourth-order valence-corrected chi connectivity index (χ4v) is 5.83. The van der Waals surface area contributed by atoms with E-state index in [0.717, 1.165) is 11.6 Å². The van der Waals surface area contributed by atoms with Gasteiger partial charge in [-0.1, -0.05) is 23.7 Å². The van der Waals surface area contributed by atoms with Crippen molar-refractivity contribution >= 4 is 57.4 Å². The summed E-state index contributed by atoms with van der Waals surface area (Å²) in [6, 6.07) is 9.03. The van der Waals surface area contributed by atoms with Gasteiger partial charge in [0.1, 0.15) is 5.54 Å². The number of amidine groups is 1. The van der Waals surface area contributed by atoms with Gasteiger partial charge in [0.05, 0.1) is 35.3 Å². The molecule has 1 saturated heterocycles. The van der Waals surface area contributed by atoms with Crippen LogP contribution in [0.15, 0.2) is 52.5 Å². The first-order chi connectivity index (χ1) is 19.0. The van der Waals surface area contributed by atoms with Gasteiger partial charge in [-0.05, 0) is 73.0 Å². The highest BCUT2D eigenvalue weighted by atomic mass is 35.5. The molecule has 2 aromatic carbocycles. The van der Waals surface area contributed by atoms with Crippen LogP contribution < -0.4 is 5.73 Å². The van der Waals surface area contributed by atoms with Crippen molar-refractivity contribution in [2.24, 2.45) is 10.7 Å². The molecule has 0 spiro atoms. The van der Waals surface area contributed by atoms with Crippen molar-refractivity contribution in [3.8, 4) is 0 Å². The summed E-state index contributed by atoms with van der Waals surface area (Å²) < 4.78 is 47.2. The largest absolute Gasteiger partial charge is 0.465 e. The SMILES string of the molecule is CCOC(=O)C1(N)CCN(C2=NC(=O)C(=Cc3ccc4c(cnn4Cc4ccc(Cl)cc4C(F)(F)F)c3)S2)CC1. The fourth-order valence-electron chi connectivity index (χ4n) is 4.69. The van der Waals surface area contributed by atoms with Gasteiger partial charge in [-0.15, -0.1) is 0 Å². The van der Waals surface area contributed by atoms with Gasteiger partial charge in [-0.2, -0.15) is 23.3 Å². The van der Waals surface area contributed by atoms with Crippen LogP contribution in [0.25, 0.3) is 17.0 Å². The van der Waals surface area contributed by atoms with Gasteiger partial charge < -0.3 is 15.4 Å². The highest BCUT2D eigenvalue weighted by molar-refractivity contribution is 8.18. The molecular formula is C27H25ClF3N5O3S. The maximum Gasteiger partial charge on any atom is 0.416 e. The number of rotatable bonds is 5. The monoisotopic (exact) mass is 591 g/mol. The maximum atomic E-state index is 13.5. The molecule has 0 unspecified atom stereocenters. The number of halogens is 4. The first kappa shape index (κ1) is 28.2. The topological polar surface area (TPSA) is 103 Å². The molecule has 0 saturated carbocycles. The van der Waals surface area contributed by atoms with Crippen LogP contribution in [0, 0.1) is 0 Å². The second kappa shape index (κ2) is 10.9. The normalized spacial score (nSPS) is 18.4. The van der Waals surface area contributed by atoms with Crippen LogP contribution >= 0.6 is 23.4 Å². The Balaban J connectivity index is 1.29. The van der Waals surface area contributed by atoms with E-state index in [1.807, 2.05) is 11.0 Å². The number of alkyl halides is 3. The average molecular weight is 592 g/mol. The number of esters is 1. The number of nitrogens with two attached hydrogens (primary N) is 1. The standard InChI is InChI=1S/C27H25ClF3N5O3S/c1-2-39-24(38)26(32)7-9-35(10-8-26)25-34-23(37)22(40-25)12-16-3-6-21-18(11-16)14-33-36(21)15-17-4-5-19(28)13-20(17)27(29,30)31/h3-6,11-14H,2,7-10,15,32H2,1H3. The quantitative estimate of drug-likeness (QED) is 0.326. The molecule has 0 radical (unpaired) electrons. The number of piperidine rings is 1. The van der Waals surface area contributed by atoms with E-state index in [-0.39, 0.29) is 29.6 Å². The summed E-state index contributed by atoms with van der Waals surface area (Å²) in [5.74, 6) is -0.784. The van der Waals surface area contributed by atoms with Gasteiger partial charge in [-0.3, -0.25) is 14.3 Å². The smallest absolute Gasteiger partial charge is 0.416 e. The summed E-state index contributed by atoms with van der Waals surface area (Å²) in [5, 5.41) is 5.56.